The number of phenolic OH excluding ortho intramolecular Hbond substituents is 1. The minimum Gasteiger partial charge on any atom is -0.506 e. The normalized spacial score (nSPS) is 14.4. The first-order valence-electron chi connectivity index (χ1n) is 10.0. The van der Waals surface area contributed by atoms with E-state index in [-0.39, 0.29) is 17.5 Å². The molecule has 0 bridgehead atoms. The number of aromatic nitrogens is 2. The van der Waals surface area contributed by atoms with Crippen LogP contribution < -0.4 is 15.4 Å². The minimum atomic E-state index is -4.80. The van der Waals surface area contributed by atoms with Gasteiger partial charge in [0.25, 0.3) is 0 Å². The number of benzene rings is 2. The first-order valence-corrected chi connectivity index (χ1v) is 10.4. The number of anilines is 3. The van der Waals surface area contributed by atoms with Crippen molar-refractivity contribution in [2.45, 2.75) is 38.1 Å². The fourth-order valence-corrected chi connectivity index (χ4v) is 3.75. The molecule has 0 amide bonds. The zero-order valence-electron chi connectivity index (χ0n) is 16.8. The third kappa shape index (κ3) is 5.73. The van der Waals surface area contributed by atoms with Gasteiger partial charge in [0, 0.05) is 22.7 Å². The first kappa shape index (κ1) is 22.0. The van der Waals surface area contributed by atoms with Crippen LogP contribution in [0.4, 0.5) is 30.6 Å². The molecule has 1 fully saturated rings. The maximum Gasteiger partial charge on any atom is 0.573 e. The molecule has 32 heavy (non-hydrogen) atoms. The molecule has 10 heteroatoms. The molecule has 2 aromatic carbocycles. The molecule has 168 valence electrons. The van der Waals surface area contributed by atoms with E-state index in [1.54, 1.807) is 24.3 Å². The first-order chi connectivity index (χ1) is 15.2. The lowest BCUT2D eigenvalue weighted by molar-refractivity contribution is -0.274. The third-order valence-corrected chi connectivity index (χ3v) is 5.23. The summed E-state index contributed by atoms with van der Waals surface area (Å²) in [5.74, 6) is 0.303. The molecular weight excluding hydrogens is 445 g/mol. The standard InChI is InChI=1S/C22H20ClF3N4O2/c23-14-8-9-19(31)18(11-14)28-20-12-17(29-21(30-20)27-15-5-1-2-6-15)13-4-3-7-16(10-13)32-22(24,25)26/h3-4,7-12,15,31H,1-2,5-6H2,(H2,27,28,29,30). The van der Waals surface area contributed by atoms with E-state index in [1.165, 1.54) is 24.3 Å². The van der Waals surface area contributed by atoms with E-state index in [2.05, 4.69) is 25.3 Å². The molecule has 1 aliphatic carbocycles. The zero-order valence-corrected chi connectivity index (χ0v) is 17.5. The number of aromatic hydroxyl groups is 1. The molecule has 0 atom stereocenters. The van der Waals surface area contributed by atoms with Crippen LogP contribution in [-0.2, 0) is 0 Å². The maximum absolute atomic E-state index is 12.6. The Balaban J connectivity index is 1.70. The van der Waals surface area contributed by atoms with Crippen molar-refractivity contribution in [3.8, 4) is 22.8 Å². The summed E-state index contributed by atoms with van der Waals surface area (Å²) < 4.78 is 42.0. The molecule has 1 saturated carbocycles. The highest BCUT2D eigenvalue weighted by Crippen LogP contribution is 2.33. The molecule has 1 heterocycles. The summed E-state index contributed by atoms with van der Waals surface area (Å²) in [5, 5.41) is 16.8. The Labute approximate surface area is 187 Å². The fraction of sp³-hybridized carbons (Fsp3) is 0.273. The lowest BCUT2D eigenvalue weighted by Crippen LogP contribution is -2.17. The van der Waals surface area contributed by atoms with Gasteiger partial charge in [-0.2, -0.15) is 4.98 Å². The second kappa shape index (κ2) is 9.12. The van der Waals surface area contributed by atoms with Crippen LogP contribution in [-0.4, -0.2) is 27.5 Å². The van der Waals surface area contributed by atoms with Crippen LogP contribution in [0.3, 0.4) is 0 Å². The van der Waals surface area contributed by atoms with E-state index >= 15 is 0 Å². The number of nitrogens with one attached hydrogen (secondary N) is 2. The molecule has 0 spiro atoms. The van der Waals surface area contributed by atoms with Crippen LogP contribution in [0.5, 0.6) is 11.5 Å². The Morgan fingerprint density at radius 3 is 2.56 bits per heavy atom. The number of hydrogen-bond donors (Lipinski definition) is 3. The van der Waals surface area contributed by atoms with Crippen molar-refractivity contribution in [3.05, 3.63) is 53.6 Å². The lowest BCUT2D eigenvalue weighted by atomic mass is 10.1. The quantitative estimate of drug-likeness (QED) is 0.361. The summed E-state index contributed by atoms with van der Waals surface area (Å²) in [6.07, 6.45) is -0.609. The SMILES string of the molecule is Oc1ccc(Cl)cc1Nc1cc(-c2cccc(OC(F)(F)F)c2)nc(NC2CCCC2)n1. The molecule has 3 N–H and O–H groups in total. The molecule has 0 unspecified atom stereocenters. The van der Waals surface area contributed by atoms with E-state index in [9.17, 15) is 18.3 Å². The summed E-state index contributed by atoms with van der Waals surface area (Å²) in [6.45, 7) is 0. The summed E-state index contributed by atoms with van der Waals surface area (Å²) in [4.78, 5) is 8.97. The van der Waals surface area contributed by atoms with Gasteiger partial charge in [0.15, 0.2) is 0 Å². The second-order valence-corrected chi connectivity index (χ2v) is 7.89. The fourth-order valence-electron chi connectivity index (χ4n) is 3.58. The van der Waals surface area contributed by atoms with Crippen molar-refractivity contribution < 1.29 is 23.0 Å². The second-order valence-electron chi connectivity index (χ2n) is 7.45. The Hall–Kier alpha value is -3.20. The smallest absolute Gasteiger partial charge is 0.506 e. The van der Waals surface area contributed by atoms with Gasteiger partial charge in [0.05, 0.1) is 11.4 Å². The van der Waals surface area contributed by atoms with Crippen LogP contribution in [0.15, 0.2) is 48.5 Å². The van der Waals surface area contributed by atoms with Gasteiger partial charge in [0.2, 0.25) is 5.95 Å². The van der Waals surface area contributed by atoms with Gasteiger partial charge >= 0.3 is 6.36 Å². The largest absolute Gasteiger partial charge is 0.573 e. The molecule has 0 radical (unpaired) electrons. The molecule has 1 aliphatic rings. The predicted octanol–water partition coefficient (Wildman–Crippen LogP) is 6.50. The highest BCUT2D eigenvalue weighted by atomic mass is 35.5. The van der Waals surface area contributed by atoms with E-state index in [0.717, 1.165) is 25.7 Å². The van der Waals surface area contributed by atoms with Gasteiger partial charge in [0.1, 0.15) is 17.3 Å². The molecule has 4 rings (SSSR count). The van der Waals surface area contributed by atoms with Crippen LogP contribution in [0, 0.1) is 0 Å². The molecule has 0 aliphatic heterocycles. The van der Waals surface area contributed by atoms with Gasteiger partial charge in [-0.1, -0.05) is 36.6 Å². The molecule has 1 aromatic heterocycles. The number of hydrogen-bond acceptors (Lipinski definition) is 6. The monoisotopic (exact) mass is 464 g/mol. The maximum atomic E-state index is 12.6. The van der Waals surface area contributed by atoms with Crippen LogP contribution in [0.2, 0.25) is 5.02 Å². The van der Waals surface area contributed by atoms with E-state index < -0.39 is 6.36 Å². The van der Waals surface area contributed by atoms with Crippen molar-refractivity contribution in [1.29, 1.82) is 0 Å². The van der Waals surface area contributed by atoms with Crippen LogP contribution in [0.1, 0.15) is 25.7 Å². The molecule has 6 nitrogen and oxygen atoms in total. The summed E-state index contributed by atoms with van der Waals surface area (Å²) in [5.41, 5.74) is 1.14. The van der Waals surface area contributed by atoms with Crippen LogP contribution in [0.25, 0.3) is 11.3 Å². The summed E-state index contributed by atoms with van der Waals surface area (Å²) in [6, 6.07) is 11.9. The highest BCUT2D eigenvalue weighted by Gasteiger charge is 2.31. The Morgan fingerprint density at radius 2 is 1.81 bits per heavy atom. The number of alkyl halides is 3. The lowest BCUT2D eigenvalue weighted by Gasteiger charge is -2.16. The molecule has 0 saturated heterocycles. The molecule has 3 aromatic rings. The van der Waals surface area contributed by atoms with E-state index in [0.29, 0.717) is 33.7 Å². The number of phenols is 1. The minimum absolute atomic E-state index is 0.0274. The Bertz CT molecular complexity index is 1100. The summed E-state index contributed by atoms with van der Waals surface area (Å²) >= 11 is 6.02. The van der Waals surface area contributed by atoms with E-state index in [1.807, 2.05) is 0 Å². The van der Waals surface area contributed by atoms with Crippen molar-refractivity contribution in [3.63, 3.8) is 0 Å². The Morgan fingerprint density at radius 1 is 1.03 bits per heavy atom. The topological polar surface area (TPSA) is 79.3 Å². The van der Waals surface area contributed by atoms with E-state index in [4.69, 9.17) is 11.6 Å². The van der Waals surface area contributed by atoms with Crippen molar-refractivity contribution in [2.75, 3.05) is 10.6 Å². The van der Waals surface area contributed by atoms with Gasteiger partial charge in [-0.05, 0) is 43.2 Å². The van der Waals surface area contributed by atoms with Crippen molar-refractivity contribution in [2.24, 2.45) is 0 Å². The highest BCUT2D eigenvalue weighted by molar-refractivity contribution is 6.31. The van der Waals surface area contributed by atoms with Crippen LogP contribution >= 0.6 is 11.6 Å². The van der Waals surface area contributed by atoms with Gasteiger partial charge < -0.3 is 20.5 Å². The number of rotatable bonds is 6. The predicted molar refractivity (Wildman–Crippen MR) is 116 cm³/mol. The third-order valence-electron chi connectivity index (χ3n) is 5.00. The summed E-state index contributed by atoms with van der Waals surface area (Å²) in [7, 11) is 0. The number of nitrogens with zero attached hydrogens (tertiary/aromatic N) is 2. The van der Waals surface area contributed by atoms with Crippen molar-refractivity contribution >= 4 is 29.1 Å². The van der Waals surface area contributed by atoms with Gasteiger partial charge in [-0.25, -0.2) is 4.98 Å². The van der Waals surface area contributed by atoms with Gasteiger partial charge in [-0.3, -0.25) is 0 Å². The number of ether oxygens (including phenoxy) is 1. The average Bonchev–Trinajstić information content (AvgIpc) is 3.22. The number of halogens is 4. The zero-order chi connectivity index (χ0) is 22.7. The van der Waals surface area contributed by atoms with Gasteiger partial charge in [-0.15, -0.1) is 13.2 Å². The Kier molecular flexibility index (Phi) is 6.27. The average molecular weight is 465 g/mol. The molecular formula is C22H20ClF3N4O2. The van der Waals surface area contributed by atoms with Crippen molar-refractivity contribution in [1.82, 2.24) is 9.97 Å².